The standard InChI is InChI=1S/C12H19N3O/c1-9(13)12-4-3-10(7-14-12)15(2)11-5-6-16-8-11/h3-4,7,9,11H,5-6,8,13H2,1-2H3. The monoisotopic (exact) mass is 221 g/mol. The van der Waals surface area contributed by atoms with Crippen LogP contribution in [0.3, 0.4) is 0 Å². The fraction of sp³-hybridized carbons (Fsp3) is 0.583. The Morgan fingerprint density at radius 1 is 1.56 bits per heavy atom. The molecule has 0 amide bonds. The van der Waals surface area contributed by atoms with Crippen molar-refractivity contribution in [3.8, 4) is 0 Å². The van der Waals surface area contributed by atoms with Crippen LogP contribution in [-0.2, 0) is 4.74 Å². The van der Waals surface area contributed by atoms with Crippen LogP contribution < -0.4 is 10.6 Å². The number of pyridine rings is 1. The molecule has 1 saturated heterocycles. The Hall–Kier alpha value is -1.13. The number of nitrogens with zero attached hydrogens (tertiary/aromatic N) is 2. The lowest BCUT2D eigenvalue weighted by Gasteiger charge is -2.25. The highest BCUT2D eigenvalue weighted by atomic mass is 16.5. The Kier molecular flexibility index (Phi) is 3.41. The number of likely N-dealkylation sites (N-methyl/N-ethyl adjacent to an activating group) is 1. The van der Waals surface area contributed by atoms with Crippen molar-refractivity contribution in [2.75, 3.05) is 25.2 Å². The minimum Gasteiger partial charge on any atom is -0.379 e. The number of nitrogens with two attached hydrogens (primary N) is 1. The molecule has 2 heterocycles. The topological polar surface area (TPSA) is 51.4 Å². The van der Waals surface area contributed by atoms with Gasteiger partial charge < -0.3 is 15.4 Å². The van der Waals surface area contributed by atoms with Gasteiger partial charge in [0.2, 0.25) is 0 Å². The third-order valence-corrected chi connectivity index (χ3v) is 3.10. The second-order valence-corrected chi connectivity index (χ2v) is 4.36. The van der Waals surface area contributed by atoms with Gasteiger partial charge in [-0.1, -0.05) is 0 Å². The van der Waals surface area contributed by atoms with Crippen LogP contribution in [0.4, 0.5) is 5.69 Å². The van der Waals surface area contributed by atoms with E-state index in [2.05, 4.69) is 23.0 Å². The van der Waals surface area contributed by atoms with E-state index in [0.717, 1.165) is 31.0 Å². The Balaban J connectivity index is 2.08. The molecule has 4 heteroatoms. The lowest BCUT2D eigenvalue weighted by atomic mass is 10.2. The number of anilines is 1. The van der Waals surface area contributed by atoms with Crippen molar-refractivity contribution in [1.82, 2.24) is 4.98 Å². The zero-order chi connectivity index (χ0) is 11.5. The van der Waals surface area contributed by atoms with Crippen LogP contribution in [0.5, 0.6) is 0 Å². The van der Waals surface area contributed by atoms with Gasteiger partial charge in [0.25, 0.3) is 0 Å². The molecule has 0 saturated carbocycles. The molecule has 1 aliphatic rings. The zero-order valence-corrected chi connectivity index (χ0v) is 9.89. The van der Waals surface area contributed by atoms with E-state index in [4.69, 9.17) is 10.5 Å². The largest absolute Gasteiger partial charge is 0.379 e. The Morgan fingerprint density at radius 2 is 2.38 bits per heavy atom. The molecule has 0 spiro atoms. The molecule has 88 valence electrons. The van der Waals surface area contributed by atoms with E-state index in [0.29, 0.717) is 6.04 Å². The van der Waals surface area contributed by atoms with Gasteiger partial charge in [-0.2, -0.15) is 0 Å². The van der Waals surface area contributed by atoms with Crippen molar-refractivity contribution < 1.29 is 4.74 Å². The van der Waals surface area contributed by atoms with E-state index in [1.54, 1.807) is 0 Å². The van der Waals surface area contributed by atoms with Crippen LogP contribution in [0, 0.1) is 0 Å². The molecule has 0 aliphatic carbocycles. The van der Waals surface area contributed by atoms with Crippen molar-refractivity contribution in [3.63, 3.8) is 0 Å². The van der Waals surface area contributed by atoms with Crippen molar-refractivity contribution in [2.45, 2.75) is 25.4 Å². The maximum atomic E-state index is 5.77. The van der Waals surface area contributed by atoms with Crippen LogP contribution in [-0.4, -0.2) is 31.3 Å². The fourth-order valence-corrected chi connectivity index (χ4v) is 1.91. The minimum atomic E-state index is -0.00540. The van der Waals surface area contributed by atoms with E-state index in [-0.39, 0.29) is 6.04 Å². The number of hydrogen-bond donors (Lipinski definition) is 1. The molecule has 2 rings (SSSR count). The maximum Gasteiger partial charge on any atom is 0.0670 e. The molecule has 0 bridgehead atoms. The third-order valence-electron chi connectivity index (χ3n) is 3.10. The summed E-state index contributed by atoms with van der Waals surface area (Å²) in [5, 5.41) is 0. The normalized spacial score (nSPS) is 22.1. The third kappa shape index (κ3) is 2.33. The predicted octanol–water partition coefficient (Wildman–Crippen LogP) is 1.33. The summed E-state index contributed by atoms with van der Waals surface area (Å²) in [6.07, 6.45) is 2.97. The van der Waals surface area contributed by atoms with Crippen LogP contribution in [0.25, 0.3) is 0 Å². The van der Waals surface area contributed by atoms with Crippen LogP contribution >= 0.6 is 0 Å². The van der Waals surface area contributed by atoms with Gasteiger partial charge in [0.05, 0.1) is 30.2 Å². The lowest BCUT2D eigenvalue weighted by molar-refractivity contribution is 0.193. The summed E-state index contributed by atoms with van der Waals surface area (Å²) in [6.45, 7) is 3.61. The van der Waals surface area contributed by atoms with Gasteiger partial charge in [-0.25, -0.2) is 0 Å². The first-order valence-electron chi connectivity index (χ1n) is 5.70. The molecule has 2 unspecified atom stereocenters. The predicted molar refractivity (Wildman–Crippen MR) is 64.5 cm³/mol. The van der Waals surface area contributed by atoms with Gasteiger partial charge in [-0.3, -0.25) is 4.98 Å². The number of ether oxygens (including phenoxy) is 1. The molecular formula is C12H19N3O. The van der Waals surface area contributed by atoms with Gasteiger partial charge in [-0.15, -0.1) is 0 Å². The highest BCUT2D eigenvalue weighted by molar-refractivity contribution is 5.45. The lowest BCUT2D eigenvalue weighted by Crippen LogP contribution is -2.31. The quantitative estimate of drug-likeness (QED) is 0.836. The number of aromatic nitrogens is 1. The van der Waals surface area contributed by atoms with Gasteiger partial charge >= 0.3 is 0 Å². The fourth-order valence-electron chi connectivity index (χ4n) is 1.91. The second kappa shape index (κ2) is 4.80. The average molecular weight is 221 g/mol. The van der Waals surface area contributed by atoms with E-state index in [9.17, 15) is 0 Å². The molecular weight excluding hydrogens is 202 g/mol. The first-order valence-corrected chi connectivity index (χ1v) is 5.70. The molecule has 0 radical (unpaired) electrons. The number of hydrogen-bond acceptors (Lipinski definition) is 4. The minimum absolute atomic E-state index is 0.00540. The Labute approximate surface area is 96.4 Å². The average Bonchev–Trinajstić information content (AvgIpc) is 2.81. The van der Waals surface area contributed by atoms with Crippen molar-refractivity contribution in [2.24, 2.45) is 5.73 Å². The highest BCUT2D eigenvalue weighted by Crippen LogP contribution is 2.20. The van der Waals surface area contributed by atoms with Gasteiger partial charge in [0.15, 0.2) is 0 Å². The van der Waals surface area contributed by atoms with E-state index >= 15 is 0 Å². The number of rotatable bonds is 3. The Bertz CT molecular complexity index is 331. The summed E-state index contributed by atoms with van der Waals surface area (Å²) in [5.41, 5.74) is 7.82. The van der Waals surface area contributed by atoms with Crippen molar-refractivity contribution >= 4 is 5.69 Å². The molecule has 16 heavy (non-hydrogen) atoms. The first kappa shape index (κ1) is 11.4. The highest BCUT2D eigenvalue weighted by Gasteiger charge is 2.20. The zero-order valence-electron chi connectivity index (χ0n) is 9.89. The van der Waals surface area contributed by atoms with Crippen molar-refractivity contribution in [3.05, 3.63) is 24.0 Å². The van der Waals surface area contributed by atoms with Gasteiger partial charge in [0.1, 0.15) is 0 Å². The summed E-state index contributed by atoms with van der Waals surface area (Å²) in [4.78, 5) is 6.59. The van der Waals surface area contributed by atoms with E-state index in [1.165, 1.54) is 0 Å². The Morgan fingerprint density at radius 3 is 2.88 bits per heavy atom. The molecule has 4 nitrogen and oxygen atoms in total. The summed E-state index contributed by atoms with van der Waals surface area (Å²) in [5.74, 6) is 0. The second-order valence-electron chi connectivity index (χ2n) is 4.36. The smallest absolute Gasteiger partial charge is 0.0670 e. The molecule has 2 atom stereocenters. The van der Waals surface area contributed by atoms with Gasteiger partial charge in [0, 0.05) is 19.7 Å². The molecule has 1 aromatic rings. The van der Waals surface area contributed by atoms with E-state index in [1.807, 2.05) is 19.2 Å². The SMILES string of the molecule is CC(N)c1ccc(N(C)C2CCOC2)cn1. The summed E-state index contributed by atoms with van der Waals surface area (Å²) < 4.78 is 5.38. The summed E-state index contributed by atoms with van der Waals surface area (Å²) in [7, 11) is 2.09. The molecule has 1 aliphatic heterocycles. The van der Waals surface area contributed by atoms with E-state index < -0.39 is 0 Å². The first-order chi connectivity index (χ1) is 7.68. The van der Waals surface area contributed by atoms with Crippen LogP contribution in [0.15, 0.2) is 18.3 Å². The molecule has 1 fully saturated rings. The molecule has 0 aromatic carbocycles. The molecule has 1 aromatic heterocycles. The summed E-state index contributed by atoms with van der Waals surface area (Å²) in [6, 6.07) is 4.54. The molecule has 2 N–H and O–H groups in total. The van der Waals surface area contributed by atoms with Crippen LogP contribution in [0.1, 0.15) is 25.1 Å². The van der Waals surface area contributed by atoms with Gasteiger partial charge in [-0.05, 0) is 25.5 Å². The van der Waals surface area contributed by atoms with Crippen molar-refractivity contribution in [1.29, 1.82) is 0 Å². The maximum absolute atomic E-state index is 5.77. The van der Waals surface area contributed by atoms with Crippen LogP contribution in [0.2, 0.25) is 0 Å². The summed E-state index contributed by atoms with van der Waals surface area (Å²) >= 11 is 0.